The van der Waals surface area contributed by atoms with Crippen LogP contribution in [0.15, 0.2) is 77.9 Å². The molecule has 0 aliphatic carbocycles. The van der Waals surface area contributed by atoms with E-state index in [-0.39, 0.29) is 31.8 Å². The van der Waals surface area contributed by atoms with E-state index in [4.69, 9.17) is 26.3 Å². The van der Waals surface area contributed by atoms with Gasteiger partial charge < -0.3 is 19.9 Å². The Morgan fingerprint density at radius 3 is 2.41 bits per heavy atom. The second kappa shape index (κ2) is 13.2. The quantitative estimate of drug-likeness (QED) is 0.273. The zero-order valence-corrected chi connectivity index (χ0v) is 24.1. The van der Waals surface area contributed by atoms with E-state index in [1.807, 2.05) is 6.07 Å². The first kappa shape index (κ1) is 30.6. The Morgan fingerprint density at radius 2 is 1.68 bits per heavy atom. The molecule has 226 valence electrons. The number of hydrogen-bond donors (Lipinski definition) is 1. The van der Waals surface area contributed by atoms with Crippen LogP contribution in [0, 0.1) is 5.82 Å². The van der Waals surface area contributed by atoms with Gasteiger partial charge in [-0.15, -0.1) is 0 Å². The SMILES string of the molecule is C.CCOC(=O)N1CCN(C(=O)c2ccc(Nc3ncc4c(n3)-c3ccc(Cl)cc3C(c3ccccc3F)=NC4)cc2)CC1. The first-order valence-corrected chi connectivity index (χ1v) is 14.3. The van der Waals surface area contributed by atoms with Gasteiger partial charge in [0, 0.05) is 70.9 Å². The van der Waals surface area contributed by atoms with E-state index in [0.717, 1.165) is 11.1 Å². The first-order chi connectivity index (χ1) is 20.9. The van der Waals surface area contributed by atoms with E-state index in [1.165, 1.54) is 6.07 Å². The third-order valence-corrected chi connectivity index (χ3v) is 7.61. The number of nitrogens with zero attached hydrogens (tertiary/aromatic N) is 5. The van der Waals surface area contributed by atoms with Gasteiger partial charge in [-0.05, 0) is 55.5 Å². The Bertz CT molecular complexity index is 1720. The van der Waals surface area contributed by atoms with Crippen LogP contribution in [-0.2, 0) is 11.3 Å². The fourth-order valence-electron chi connectivity index (χ4n) is 5.18. The molecule has 1 fully saturated rings. The summed E-state index contributed by atoms with van der Waals surface area (Å²) in [5, 5.41) is 3.72. The molecule has 2 amide bonds. The number of benzene rings is 3. The van der Waals surface area contributed by atoms with Gasteiger partial charge in [-0.2, -0.15) is 0 Å². The van der Waals surface area contributed by atoms with E-state index in [2.05, 4.69) is 10.3 Å². The molecule has 3 aromatic carbocycles. The number of rotatable bonds is 5. The molecule has 9 nitrogen and oxygen atoms in total. The molecular weight excluding hydrogens is 583 g/mol. The number of aromatic nitrogens is 2. The largest absolute Gasteiger partial charge is 0.450 e. The van der Waals surface area contributed by atoms with E-state index in [1.54, 1.807) is 77.5 Å². The maximum Gasteiger partial charge on any atom is 0.409 e. The van der Waals surface area contributed by atoms with Crippen LogP contribution in [0.4, 0.5) is 20.8 Å². The van der Waals surface area contributed by atoms with Gasteiger partial charge in [-0.1, -0.05) is 37.2 Å². The summed E-state index contributed by atoms with van der Waals surface area (Å²) < 4.78 is 19.8. The average molecular weight is 615 g/mol. The molecule has 0 unspecified atom stereocenters. The fourth-order valence-corrected chi connectivity index (χ4v) is 5.35. The summed E-state index contributed by atoms with van der Waals surface area (Å²) in [7, 11) is 0. The summed E-state index contributed by atoms with van der Waals surface area (Å²) in [6.07, 6.45) is 1.36. The second-order valence-electron chi connectivity index (χ2n) is 10.1. The fraction of sp³-hybridized carbons (Fsp3) is 0.242. The third kappa shape index (κ3) is 6.26. The van der Waals surface area contributed by atoms with E-state index >= 15 is 0 Å². The van der Waals surface area contributed by atoms with Crippen molar-refractivity contribution in [3.8, 4) is 11.3 Å². The Morgan fingerprint density at radius 1 is 0.955 bits per heavy atom. The number of hydrogen-bond acceptors (Lipinski definition) is 7. The zero-order valence-electron chi connectivity index (χ0n) is 23.4. The lowest BCUT2D eigenvalue weighted by Crippen LogP contribution is -2.50. The van der Waals surface area contributed by atoms with Gasteiger partial charge in [0.05, 0.1) is 24.6 Å². The highest BCUT2D eigenvalue weighted by Gasteiger charge is 2.26. The molecule has 0 atom stereocenters. The molecule has 1 saturated heterocycles. The van der Waals surface area contributed by atoms with Crippen LogP contribution in [0.3, 0.4) is 0 Å². The van der Waals surface area contributed by atoms with Crippen molar-refractivity contribution in [1.82, 2.24) is 19.8 Å². The number of nitrogens with one attached hydrogen (secondary N) is 1. The van der Waals surface area contributed by atoms with E-state index < -0.39 is 0 Å². The summed E-state index contributed by atoms with van der Waals surface area (Å²) in [4.78, 5) is 42.4. The predicted molar refractivity (Wildman–Crippen MR) is 169 cm³/mol. The molecule has 1 aromatic heterocycles. The number of carbonyl (C=O) groups is 2. The molecule has 2 aliphatic rings. The molecule has 44 heavy (non-hydrogen) atoms. The lowest BCUT2D eigenvalue weighted by atomic mass is 9.95. The molecule has 0 spiro atoms. The van der Waals surface area contributed by atoms with Crippen LogP contribution in [0.1, 0.15) is 41.4 Å². The highest BCUT2D eigenvalue weighted by Crippen LogP contribution is 2.34. The predicted octanol–water partition coefficient (Wildman–Crippen LogP) is 6.58. The highest BCUT2D eigenvalue weighted by atomic mass is 35.5. The van der Waals surface area contributed by atoms with E-state index in [0.29, 0.717) is 77.5 Å². The molecule has 6 rings (SSSR count). The summed E-state index contributed by atoms with van der Waals surface area (Å²) in [6.45, 7) is 4.11. The van der Waals surface area contributed by atoms with Gasteiger partial charge in [-0.3, -0.25) is 9.79 Å². The number of amides is 2. The van der Waals surface area contributed by atoms with Crippen LogP contribution in [-0.4, -0.2) is 70.3 Å². The van der Waals surface area contributed by atoms with Crippen molar-refractivity contribution >= 4 is 40.9 Å². The maximum atomic E-state index is 14.8. The number of fused-ring (bicyclic) bond motifs is 3. The molecule has 1 N–H and O–H groups in total. The second-order valence-corrected chi connectivity index (χ2v) is 10.5. The Labute approximate surface area is 260 Å². The molecule has 0 saturated carbocycles. The van der Waals surface area contributed by atoms with Crippen molar-refractivity contribution in [1.29, 1.82) is 0 Å². The Balaban J connectivity index is 0.00000384. The lowest BCUT2D eigenvalue weighted by molar-refractivity contribution is 0.0570. The number of aliphatic imine (C=N–C) groups is 1. The molecule has 0 bridgehead atoms. The third-order valence-electron chi connectivity index (χ3n) is 7.37. The zero-order chi connectivity index (χ0) is 29.9. The van der Waals surface area contributed by atoms with Crippen molar-refractivity contribution in [3.63, 3.8) is 0 Å². The Kier molecular flexibility index (Phi) is 9.20. The summed E-state index contributed by atoms with van der Waals surface area (Å²) >= 11 is 6.36. The monoisotopic (exact) mass is 614 g/mol. The lowest BCUT2D eigenvalue weighted by Gasteiger charge is -2.34. The maximum absolute atomic E-state index is 14.8. The number of anilines is 2. The molecule has 0 radical (unpaired) electrons. The summed E-state index contributed by atoms with van der Waals surface area (Å²) in [5.41, 5.74) is 5.07. The van der Waals surface area contributed by atoms with Crippen LogP contribution >= 0.6 is 11.6 Å². The molecule has 2 aliphatic heterocycles. The van der Waals surface area contributed by atoms with Gasteiger partial charge in [-0.25, -0.2) is 19.2 Å². The molecule has 3 heterocycles. The topological polar surface area (TPSA) is 100 Å². The average Bonchev–Trinajstić information content (AvgIpc) is 3.18. The number of carbonyl (C=O) groups excluding carboxylic acids is 2. The van der Waals surface area contributed by atoms with Gasteiger partial charge in [0.1, 0.15) is 5.82 Å². The minimum Gasteiger partial charge on any atom is -0.450 e. The smallest absolute Gasteiger partial charge is 0.409 e. The Hall–Kier alpha value is -4.83. The van der Waals surface area contributed by atoms with Gasteiger partial charge >= 0.3 is 6.09 Å². The van der Waals surface area contributed by atoms with Crippen LogP contribution < -0.4 is 5.32 Å². The van der Waals surface area contributed by atoms with Gasteiger partial charge in [0.2, 0.25) is 5.95 Å². The van der Waals surface area contributed by atoms with Crippen molar-refractivity contribution in [2.75, 3.05) is 38.1 Å². The summed E-state index contributed by atoms with van der Waals surface area (Å²) in [5.74, 6) is -0.104. The van der Waals surface area contributed by atoms with Crippen LogP contribution in [0.5, 0.6) is 0 Å². The normalized spacial score (nSPS) is 13.9. The summed E-state index contributed by atoms with van der Waals surface area (Å²) in [6, 6.07) is 19.0. The number of ether oxygens (including phenoxy) is 1. The molecule has 11 heteroatoms. The van der Waals surface area contributed by atoms with Crippen molar-refractivity contribution < 1.29 is 18.7 Å². The van der Waals surface area contributed by atoms with Gasteiger partial charge in [0.25, 0.3) is 5.91 Å². The number of halogens is 2. The van der Waals surface area contributed by atoms with Crippen molar-refractivity contribution in [3.05, 3.63) is 106 Å². The van der Waals surface area contributed by atoms with Crippen LogP contribution in [0.25, 0.3) is 11.3 Å². The highest BCUT2D eigenvalue weighted by molar-refractivity contribution is 6.31. The minimum absolute atomic E-state index is 0. The first-order valence-electron chi connectivity index (χ1n) is 13.9. The van der Waals surface area contributed by atoms with Crippen molar-refractivity contribution in [2.45, 2.75) is 20.9 Å². The molecular formula is C33H32ClFN6O3. The standard InChI is InChI=1S/C32H28ClFN6O3.CH4/c1-2-43-32(42)40-15-13-39(14-16-40)30(41)20-7-10-23(11-8-20)37-31-36-19-21-18-35-29(25-5-3-4-6-27(25)34)26-17-22(33)9-12-24(26)28(21)38-31;/h3-12,17,19H,2,13-16,18H2,1H3,(H,36,37,38);1H4. The van der Waals surface area contributed by atoms with Crippen LogP contribution in [0.2, 0.25) is 5.02 Å². The molecule has 4 aromatic rings. The van der Waals surface area contributed by atoms with E-state index in [9.17, 15) is 14.0 Å². The van der Waals surface area contributed by atoms with Gasteiger partial charge in [0.15, 0.2) is 0 Å². The minimum atomic E-state index is -0.368. The van der Waals surface area contributed by atoms with Crippen molar-refractivity contribution in [2.24, 2.45) is 4.99 Å². The number of piperazine rings is 1.